The average Bonchev–Trinajstić information content (AvgIpc) is 2.85. The minimum Gasteiger partial charge on any atom is -0.478 e. The van der Waals surface area contributed by atoms with E-state index in [1.807, 2.05) is 17.0 Å². The summed E-state index contributed by atoms with van der Waals surface area (Å²) in [6, 6.07) is 9.84. The second-order valence-corrected chi connectivity index (χ2v) is 11.5. The quantitative estimate of drug-likeness (QED) is 0.569. The van der Waals surface area contributed by atoms with Gasteiger partial charge < -0.3 is 25.3 Å². The molecule has 1 aromatic carbocycles. The number of anilines is 2. The zero-order valence-electron chi connectivity index (χ0n) is 20.9. The van der Waals surface area contributed by atoms with E-state index in [1.165, 1.54) is 12.1 Å². The van der Waals surface area contributed by atoms with E-state index in [9.17, 15) is 24.2 Å². The lowest BCUT2D eigenvalue weighted by Gasteiger charge is -2.58. The fourth-order valence-electron chi connectivity index (χ4n) is 7.56. The molecular weight excluding hydrogens is 475 g/mol. The molecule has 37 heavy (non-hydrogen) atoms. The smallest absolute Gasteiger partial charge is 0.338 e. The number of carboxylic acids is 1. The van der Waals surface area contributed by atoms with E-state index in [1.54, 1.807) is 12.1 Å². The Labute approximate surface area is 215 Å². The van der Waals surface area contributed by atoms with Gasteiger partial charge in [-0.25, -0.2) is 14.2 Å². The van der Waals surface area contributed by atoms with Crippen LogP contribution in [0.2, 0.25) is 0 Å². The van der Waals surface area contributed by atoms with Crippen molar-refractivity contribution in [2.24, 2.45) is 17.8 Å². The molecule has 0 spiro atoms. The summed E-state index contributed by atoms with van der Waals surface area (Å²) in [4.78, 5) is 33.5. The van der Waals surface area contributed by atoms with Crippen LogP contribution in [0.5, 0.6) is 0 Å². The number of carbonyl (C=O) groups is 2. The molecule has 2 heterocycles. The van der Waals surface area contributed by atoms with Gasteiger partial charge in [-0.1, -0.05) is 6.07 Å². The molecule has 4 saturated carbocycles. The summed E-state index contributed by atoms with van der Waals surface area (Å²) in [5, 5.41) is 23.4. The summed E-state index contributed by atoms with van der Waals surface area (Å²) >= 11 is 0. The van der Waals surface area contributed by atoms with Crippen molar-refractivity contribution >= 4 is 23.4 Å². The van der Waals surface area contributed by atoms with Crippen LogP contribution in [0.3, 0.4) is 0 Å². The summed E-state index contributed by atoms with van der Waals surface area (Å²) in [5.74, 6) is -0.201. The number of carboxylic acid groups (broad SMARTS) is 1. The molecule has 1 aliphatic heterocycles. The Morgan fingerprint density at radius 2 is 1.86 bits per heavy atom. The molecule has 4 bridgehead atoms. The van der Waals surface area contributed by atoms with E-state index < -0.39 is 17.4 Å². The van der Waals surface area contributed by atoms with Gasteiger partial charge in [-0.05, 0) is 87.1 Å². The molecule has 8 nitrogen and oxygen atoms in total. The largest absolute Gasteiger partial charge is 0.478 e. The lowest BCUT2D eigenvalue weighted by atomic mass is 9.52. The number of nitrogens with zero attached hydrogens (tertiary/aromatic N) is 3. The number of aliphatic hydroxyl groups is 1. The molecule has 0 radical (unpaired) electrons. The van der Waals surface area contributed by atoms with Crippen LogP contribution in [0, 0.1) is 23.6 Å². The number of carbonyl (C=O) groups excluding carboxylic acids is 1. The van der Waals surface area contributed by atoms with Gasteiger partial charge in [0.05, 0.1) is 11.2 Å². The fourth-order valence-corrected chi connectivity index (χ4v) is 7.56. The topological polar surface area (TPSA) is 106 Å². The first-order chi connectivity index (χ1) is 17.7. The van der Waals surface area contributed by atoms with Gasteiger partial charge >= 0.3 is 5.97 Å². The van der Waals surface area contributed by atoms with Crippen LogP contribution in [0.4, 0.5) is 15.9 Å². The molecule has 196 valence electrons. The fraction of sp³-hybridized carbons (Fsp3) is 0.536. The highest BCUT2D eigenvalue weighted by molar-refractivity contribution is 5.93. The van der Waals surface area contributed by atoms with E-state index in [4.69, 9.17) is 4.98 Å². The van der Waals surface area contributed by atoms with Crippen molar-refractivity contribution in [1.29, 1.82) is 0 Å². The molecule has 1 amide bonds. The summed E-state index contributed by atoms with van der Waals surface area (Å²) in [6.07, 6.45) is 4.64. The molecule has 5 aliphatic rings. The van der Waals surface area contributed by atoms with Crippen molar-refractivity contribution in [2.45, 2.75) is 56.7 Å². The van der Waals surface area contributed by atoms with Gasteiger partial charge in [0, 0.05) is 37.4 Å². The van der Waals surface area contributed by atoms with Gasteiger partial charge in [-0.3, -0.25) is 4.79 Å². The molecule has 1 saturated heterocycles. The Kier molecular flexibility index (Phi) is 5.86. The number of halogens is 1. The van der Waals surface area contributed by atoms with Gasteiger partial charge in [-0.15, -0.1) is 0 Å². The Hall–Kier alpha value is -3.20. The van der Waals surface area contributed by atoms with Crippen LogP contribution in [0.1, 0.15) is 59.9 Å². The molecule has 4 aliphatic carbocycles. The number of aromatic carboxylic acids is 1. The number of rotatable bonds is 5. The number of aromatic nitrogens is 1. The molecule has 3 unspecified atom stereocenters. The predicted molar refractivity (Wildman–Crippen MR) is 136 cm³/mol. The van der Waals surface area contributed by atoms with Gasteiger partial charge in [0.2, 0.25) is 0 Å². The molecule has 5 fully saturated rings. The number of piperazine rings is 1. The first-order valence-corrected chi connectivity index (χ1v) is 13.2. The summed E-state index contributed by atoms with van der Waals surface area (Å²) in [7, 11) is 0. The molecular formula is C28H33FN4O4. The molecule has 3 atom stereocenters. The third-order valence-electron chi connectivity index (χ3n) is 8.97. The minimum absolute atomic E-state index is 0.0445. The second kappa shape index (κ2) is 8.97. The normalized spacial score (nSPS) is 32.5. The van der Waals surface area contributed by atoms with Gasteiger partial charge in [0.15, 0.2) is 0 Å². The average molecular weight is 509 g/mol. The first-order valence-electron chi connectivity index (χ1n) is 13.2. The Morgan fingerprint density at radius 1 is 1.11 bits per heavy atom. The molecule has 9 heteroatoms. The van der Waals surface area contributed by atoms with Gasteiger partial charge in [0.1, 0.15) is 17.3 Å². The van der Waals surface area contributed by atoms with Crippen molar-refractivity contribution in [2.75, 3.05) is 29.4 Å². The standard InChI is InChI=1S/C28H33FN4O4/c1-16-15-32(20-5-6-22(29)21(11-20)27(35)36)7-8-33(16)24-4-2-3-23(30-24)26(34)31-25-18-9-17-10-19(25)14-28(37,12-17)13-18/h2-6,11,16-19,25,37H,7-10,12-15H2,1H3,(H,31,34)(H,35,36). The van der Waals surface area contributed by atoms with Crippen molar-refractivity contribution in [3.05, 3.63) is 53.5 Å². The summed E-state index contributed by atoms with van der Waals surface area (Å²) < 4.78 is 13.8. The van der Waals surface area contributed by atoms with Crippen molar-refractivity contribution in [3.8, 4) is 0 Å². The van der Waals surface area contributed by atoms with E-state index >= 15 is 0 Å². The molecule has 3 N–H and O–H groups in total. The van der Waals surface area contributed by atoms with Crippen LogP contribution in [0.15, 0.2) is 36.4 Å². The maximum absolute atomic E-state index is 13.8. The highest BCUT2D eigenvalue weighted by atomic mass is 19.1. The highest BCUT2D eigenvalue weighted by Gasteiger charge is 2.55. The van der Waals surface area contributed by atoms with Crippen LogP contribution in [-0.2, 0) is 0 Å². The summed E-state index contributed by atoms with van der Waals surface area (Å²) in [6.45, 7) is 3.91. The number of hydrogen-bond acceptors (Lipinski definition) is 6. The maximum atomic E-state index is 13.8. The van der Waals surface area contributed by atoms with Crippen molar-refractivity contribution in [1.82, 2.24) is 10.3 Å². The van der Waals surface area contributed by atoms with E-state index in [0.717, 1.165) is 37.9 Å². The van der Waals surface area contributed by atoms with E-state index in [2.05, 4.69) is 17.1 Å². The number of nitrogens with one attached hydrogen (secondary N) is 1. The molecule has 7 rings (SSSR count). The van der Waals surface area contributed by atoms with Gasteiger partial charge in [0.25, 0.3) is 5.91 Å². The van der Waals surface area contributed by atoms with Crippen molar-refractivity contribution < 1.29 is 24.2 Å². The third-order valence-corrected chi connectivity index (χ3v) is 8.97. The van der Waals surface area contributed by atoms with Gasteiger partial charge in [-0.2, -0.15) is 0 Å². The Morgan fingerprint density at radius 3 is 2.54 bits per heavy atom. The summed E-state index contributed by atoms with van der Waals surface area (Å²) in [5.41, 5.74) is 0.203. The Bertz CT molecular complexity index is 1220. The third kappa shape index (κ3) is 4.43. The minimum atomic E-state index is -1.28. The van der Waals surface area contributed by atoms with Crippen LogP contribution < -0.4 is 15.1 Å². The maximum Gasteiger partial charge on any atom is 0.338 e. The monoisotopic (exact) mass is 508 g/mol. The number of benzene rings is 1. The highest BCUT2D eigenvalue weighted by Crippen LogP contribution is 2.55. The Balaban J connectivity index is 1.13. The van der Waals surface area contributed by atoms with Crippen molar-refractivity contribution in [3.63, 3.8) is 0 Å². The number of amides is 1. The van der Waals surface area contributed by atoms with Crippen LogP contribution in [-0.4, -0.2) is 64.4 Å². The zero-order valence-corrected chi connectivity index (χ0v) is 20.9. The molecule has 2 aromatic rings. The second-order valence-electron chi connectivity index (χ2n) is 11.5. The van der Waals surface area contributed by atoms with Crippen LogP contribution in [0.25, 0.3) is 0 Å². The lowest BCUT2D eigenvalue weighted by Crippen LogP contribution is -2.61. The number of hydrogen-bond donors (Lipinski definition) is 3. The van der Waals surface area contributed by atoms with Crippen LogP contribution >= 0.6 is 0 Å². The van der Waals surface area contributed by atoms with E-state index in [-0.39, 0.29) is 23.6 Å². The predicted octanol–water partition coefficient (Wildman–Crippen LogP) is 3.30. The zero-order chi connectivity index (χ0) is 25.9. The number of pyridine rings is 1. The van der Waals surface area contributed by atoms with E-state index in [0.29, 0.717) is 48.8 Å². The molecule has 1 aromatic heterocycles. The SMILES string of the molecule is CC1CN(c2ccc(F)c(C(=O)O)c2)CCN1c1cccc(C(=O)NC2C3CC4CC2CC(O)(C4)C3)n1. The first kappa shape index (κ1) is 24.2. The lowest BCUT2D eigenvalue weighted by molar-refractivity contribution is -0.136.